The van der Waals surface area contributed by atoms with Gasteiger partial charge in [-0.3, -0.25) is 0 Å². The third kappa shape index (κ3) is 4.79. The maximum Gasteiger partial charge on any atom is 0.337 e. The number of carbonyl (C=O) groups excluding carboxylic acids is 2. The summed E-state index contributed by atoms with van der Waals surface area (Å²) in [6, 6.07) is 4.45. The number of carboxylic acids is 1. The largest absolute Gasteiger partial charge is 0.480 e. The van der Waals surface area contributed by atoms with Crippen LogP contribution in [0.4, 0.5) is 10.5 Å². The van der Waals surface area contributed by atoms with Crippen LogP contribution in [0.15, 0.2) is 24.3 Å². The van der Waals surface area contributed by atoms with Gasteiger partial charge in [-0.25, -0.2) is 14.4 Å². The second kappa shape index (κ2) is 7.28. The molecule has 0 saturated heterocycles. The van der Waals surface area contributed by atoms with E-state index in [1.54, 1.807) is 13.8 Å². The third-order valence-electron chi connectivity index (χ3n) is 2.78. The van der Waals surface area contributed by atoms with Gasteiger partial charge in [-0.1, -0.05) is 13.8 Å². The Labute approximate surface area is 122 Å². The highest BCUT2D eigenvalue weighted by Gasteiger charge is 2.23. The van der Waals surface area contributed by atoms with Gasteiger partial charge < -0.3 is 20.5 Å². The van der Waals surface area contributed by atoms with E-state index in [0.29, 0.717) is 11.3 Å². The molecule has 7 heteroatoms. The van der Waals surface area contributed by atoms with Gasteiger partial charge in [0.1, 0.15) is 6.04 Å². The van der Waals surface area contributed by atoms with Gasteiger partial charge in [0.2, 0.25) is 0 Å². The minimum Gasteiger partial charge on any atom is -0.480 e. The van der Waals surface area contributed by atoms with E-state index < -0.39 is 24.0 Å². The van der Waals surface area contributed by atoms with E-state index in [9.17, 15) is 14.4 Å². The SMILES string of the molecule is COC(=O)c1ccc(NC(=O)N[C@H](C(=O)O)C(C)C)cc1. The van der Waals surface area contributed by atoms with E-state index in [1.165, 1.54) is 31.4 Å². The van der Waals surface area contributed by atoms with Gasteiger partial charge in [-0.05, 0) is 30.2 Å². The number of amides is 2. The summed E-state index contributed by atoms with van der Waals surface area (Å²) in [4.78, 5) is 34.0. The molecule has 114 valence electrons. The van der Waals surface area contributed by atoms with Crippen molar-refractivity contribution >= 4 is 23.7 Å². The topological polar surface area (TPSA) is 105 Å². The zero-order chi connectivity index (χ0) is 16.0. The van der Waals surface area contributed by atoms with Gasteiger partial charge >= 0.3 is 18.0 Å². The molecule has 0 spiro atoms. The third-order valence-corrected chi connectivity index (χ3v) is 2.78. The second-order valence-electron chi connectivity index (χ2n) is 4.73. The van der Waals surface area contributed by atoms with Crippen molar-refractivity contribution in [3.8, 4) is 0 Å². The second-order valence-corrected chi connectivity index (χ2v) is 4.73. The highest BCUT2D eigenvalue weighted by Crippen LogP contribution is 2.10. The molecular formula is C14H18N2O5. The molecule has 0 aliphatic carbocycles. The molecule has 7 nitrogen and oxygen atoms in total. The smallest absolute Gasteiger partial charge is 0.337 e. The fraction of sp³-hybridized carbons (Fsp3) is 0.357. The monoisotopic (exact) mass is 294 g/mol. The van der Waals surface area contributed by atoms with Crippen LogP contribution in [0.2, 0.25) is 0 Å². The Kier molecular flexibility index (Phi) is 5.71. The fourth-order valence-corrected chi connectivity index (χ4v) is 1.63. The quantitative estimate of drug-likeness (QED) is 0.717. The van der Waals surface area contributed by atoms with Crippen LogP contribution in [-0.4, -0.2) is 36.2 Å². The number of benzene rings is 1. The number of anilines is 1. The van der Waals surface area contributed by atoms with E-state index in [-0.39, 0.29) is 5.92 Å². The lowest BCUT2D eigenvalue weighted by Gasteiger charge is -2.18. The number of aliphatic carboxylic acids is 1. The fourth-order valence-electron chi connectivity index (χ4n) is 1.63. The van der Waals surface area contributed by atoms with Crippen molar-refractivity contribution in [2.75, 3.05) is 12.4 Å². The average Bonchev–Trinajstić information content (AvgIpc) is 2.44. The van der Waals surface area contributed by atoms with Crippen molar-refractivity contribution in [1.29, 1.82) is 0 Å². The first-order valence-electron chi connectivity index (χ1n) is 6.34. The molecule has 0 aliphatic heterocycles. The summed E-state index contributed by atoms with van der Waals surface area (Å²) in [6.45, 7) is 3.40. The van der Waals surface area contributed by atoms with Gasteiger partial charge in [0, 0.05) is 5.69 Å². The summed E-state index contributed by atoms with van der Waals surface area (Å²) in [7, 11) is 1.28. The zero-order valence-electron chi connectivity index (χ0n) is 12.0. The summed E-state index contributed by atoms with van der Waals surface area (Å²) in [5.41, 5.74) is 0.794. The summed E-state index contributed by atoms with van der Waals surface area (Å²) in [5.74, 6) is -1.81. The first-order chi connectivity index (χ1) is 9.85. The van der Waals surface area contributed by atoms with E-state index in [1.807, 2.05) is 0 Å². The number of methoxy groups -OCH3 is 1. The van der Waals surface area contributed by atoms with E-state index in [0.717, 1.165) is 0 Å². The number of hydrogen-bond acceptors (Lipinski definition) is 4. The van der Waals surface area contributed by atoms with Crippen LogP contribution in [0.5, 0.6) is 0 Å². The van der Waals surface area contributed by atoms with E-state index in [4.69, 9.17) is 5.11 Å². The molecule has 21 heavy (non-hydrogen) atoms. The van der Waals surface area contributed by atoms with Crippen LogP contribution in [0.3, 0.4) is 0 Å². The van der Waals surface area contributed by atoms with Crippen molar-refractivity contribution < 1.29 is 24.2 Å². The average molecular weight is 294 g/mol. The van der Waals surface area contributed by atoms with E-state index >= 15 is 0 Å². The highest BCUT2D eigenvalue weighted by molar-refractivity contribution is 5.93. The summed E-state index contributed by atoms with van der Waals surface area (Å²) in [5, 5.41) is 13.9. The van der Waals surface area contributed by atoms with Crippen LogP contribution >= 0.6 is 0 Å². The lowest BCUT2D eigenvalue weighted by atomic mass is 10.1. The highest BCUT2D eigenvalue weighted by atomic mass is 16.5. The maximum atomic E-state index is 11.7. The van der Waals surface area contributed by atoms with Crippen LogP contribution in [0.1, 0.15) is 24.2 Å². The Hall–Kier alpha value is -2.57. The molecule has 1 aromatic rings. The van der Waals surface area contributed by atoms with Crippen molar-refractivity contribution in [2.45, 2.75) is 19.9 Å². The predicted octanol–water partition coefficient (Wildman–Crippen LogP) is 1.70. The van der Waals surface area contributed by atoms with Gasteiger partial charge in [0.15, 0.2) is 0 Å². The van der Waals surface area contributed by atoms with Crippen LogP contribution < -0.4 is 10.6 Å². The molecule has 0 aliphatic rings. The molecular weight excluding hydrogens is 276 g/mol. The van der Waals surface area contributed by atoms with Crippen molar-refractivity contribution in [3.63, 3.8) is 0 Å². The normalized spacial score (nSPS) is 11.6. The lowest BCUT2D eigenvalue weighted by molar-refractivity contribution is -0.140. The van der Waals surface area contributed by atoms with Gasteiger partial charge in [-0.2, -0.15) is 0 Å². The number of carboxylic acid groups (broad SMARTS) is 1. The zero-order valence-corrected chi connectivity index (χ0v) is 12.0. The summed E-state index contributed by atoms with van der Waals surface area (Å²) < 4.78 is 4.56. The van der Waals surface area contributed by atoms with Crippen LogP contribution in [-0.2, 0) is 9.53 Å². The molecule has 2 amide bonds. The summed E-state index contributed by atoms with van der Waals surface area (Å²) in [6.07, 6.45) is 0. The van der Waals surface area contributed by atoms with Crippen molar-refractivity contribution in [2.24, 2.45) is 5.92 Å². The number of rotatable bonds is 5. The van der Waals surface area contributed by atoms with Crippen molar-refractivity contribution in [1.82, 2.24) is 5.32 Å². The van der Waals surface area contributed by atoms with Crippen LogP contribution in [0, 0.1) is 5.92 Å². The van der Waals surface area contributed by atoms with Gasteiger partial charge in [-0.15, -0.1) is 0 Å². The van der Waals surface area contributed by atoms with Crippen molar-refractivity contribution in [3.05, 3.63) is 29.8 Å². The molecule has 0 saturated carbocycles. The number of nitrogens with one attached hydrogen (secondary N) is 2. The van der Waals surface area contributed by atoms with Gasteiger partial charge in [0.05, 0.1) is 12.7 Å². The molecule has 0 fully saturated rings. The summed E-state index contributed by atoms with van der Waals surface area (Å²) >= 11 is 0. The Morgan fingerprint density at radius 1 is 1.14 bits per heavy atom. The molecule has 1 atom stereocenters. The standard InChI is InChI=1S/C14H18N2O5/c1-8(2)11(12(17)18)16-14(20)15-10-6-4-9(5-7-10)13(19)21-3/h4-8,11H,1-3H3,(H,17,18)(H2,15,16,20)/t11-/m0/s1. The number of urea groups is 1. The number of carbonyl (C=O) groups is 3. The Balaban J connectivity index is 2.66. The molecule has 0 heterocycles. The molecule has 0 unspecified atom stereocenters. The molecule has 3 N–H and O–H groups in total. The van der Waals surface area contributed by atoms with Gasteiger partial charge in [0.25, 0.3) is 0 Å². The number of hydrogen-bond donors (Lipinski definition) is 3. The predicted molar refractivity (Wildman–Crippen MR) is 76.2 cm³/mol. The Morgan fingerprint density at radius 2 is 1.71 bits per heavy atom. The first-order valence-corrected chi connectivity index (χ1v) is 6.34. The van der Waals surface area contributed by atoms with E-state index in [2.05, 4.69) is 15.4 Å². The maximum absolute atomic E-state index is 11.7. The Bertz CT molecular complexity index is 525. The van der Waals surface area contributed by atoms with Crippen LogP contribution in [0.25, 0.3) is 0 Å². The minimum atomic E-state index is -1.10. The first kappa shape index (κ1) is 16.5. The molecule has 0 aromatic heterocycles. The minimum absolute atomic E-state index is 0.241. The lowest BCUT2D eigenvalue weighted by Crippen LogP contribution is -2.46. The molecule has 0 radical (unpaired) electrons. The molecule has 1 rings (SSSR count). The number of esters is 1. The molecule has 1 aromatic carbocycles. The number of ether oxygens (including phenoxy) is 1. The molecule has 0 bridgehead atoms. The Morgan fingerprint density at radius 3 is 2.14 bits per heavy atom.